The molecule has 0 saturated carbocycles. The summed E-state index contributed by atoms with van der Waals surface area (Å²) in [6, 6.07) is 7.18. The maximum atomic E-state index is 12.5. The van der Waals surface area contributed by atoms with Crippen molar-refractivity contribution in [2.45, 2.75) is 6.42 Å². The van der Waals surface area contributed by atoms with Crippen molar-refractivity contribution >= 4 is 23.5 Å². The number of methoxy groups -OCH3 is 1. The van der Waals surface area contributed by atoms with Crippen molar-refractivity contribution in [3.63, 3.8) is 0 Å². The molecule has 0 unspecified atom stereocenters. The molecule has 2 heterocycles. The lowest BCUT2D eigenvalue weighted by Gasteiger charge is -2.34. The summed E-state index contributed by atoms with van der Waals surface area (Å²) < 4.78 is 5.13. The topological polar surface area (TPSA) is 58.6 Å². The number of piperazine rings is 1. The number of carbonyl (C=O) groups excluding carboxylic acids is 1. The predicted molar refractivity (Wildman–Crippen MR) is 92.5 cm³/mol. The van der Waals surface area contributed by atoms with E-state index in [4.69, 9.17) is 16.3 Å². The fourth-order valence-corrected chi connectivity index (χ4v) is 2.92. The van der Waals surface area contributed by atoms with Crippen molar-refractivity contribution in [1.29, 1.82) is 0 Å². The van der Waals surface area contributed by atoms with E-state index in [9.17, 15) is 4.79 Å². The highest BCUT2D eigenvalue weighted by atomic mass is 35.5. The van der Waals surface area contributed by atoms with Gasteiger partial charge in [0.05, 0.1) is 13.5 Å². The zero-order valence-electron chi connectivity index (χ0n) is 13.5. The van der Waals surface area contributed by atoms with Gasteiger partial charge in [0.1, 0.15) is 5.75 Å². The van der Waals surface area contributed by atoms with Crippen LogP contribution in [-0.4, -0.2) is 54.1 Å². The molecule has 0 bridgehead atoms. The Kier molecular flexibility index (Phi) is 5.15. The van der Waals surface area contributed by atoms with E-state index < -0.39 is 0 Å². The van der Waals surface area contributed by atoms with Gasteiger partial charge < -0.3 is 14.5 Å². The van der Waals surface area contributed by atoms with E-state index in [1.54, 1.807) is 31.6 Å². The second-order valence-corrected chi connectivity index (χ2v) is 5.96. The van der Waals surface area contributed by atoms with Crippen molar-refractivity contribution in [2.75, 3.05) is 38.2 Å². The van der Waals surface area contributed by atoms with Crippen molar-refractivity contribution in [1.82, 2.24) is 14.9 Å². The molecule has 1 aliphatic rings. The van der Waals surface area contributed by atoms with Gasteiger partial charge in [0.2, 0.25) is 11.9 Å². The lowest BCUT2D eigenvalue weighted by Crippen LogP contribution is -2.49. The highest BCUT2D eigenvalue weighted by molar-refractivity contribution is 6.31. The number of aromatic nitrogens is 2. The van der Waals surface area contributed by atoms with Crippen molar-refractivity contribution in [3.05, 3.63) is 47.2 Å². The van der Waals surface area contributed by atoms with Gasteiger partial charge in [-0.15, -0.1) is 0 Å². The second kappa shape index (κ2) is 7.49. The zero-order valence-corrected chi connectivity index (χ0v) is 14.2. The molecule has 6 nitrogen and oxygen atoms in total. The van der Waals surface area contributed by atoms with E-state index >= 15 is 0 Å². The normalized spacial score (nSPS) is 14.6. The van der Waals surface area contributed by atoms with Gasteiger partial charge in [-0.2, -0.15) is 0 Å². The Morgan fingerprint density at radius 1 is 1.21 bits per heavy atom. The molecule has 1 fully saturated rings. The molecule has 0 radical (unpaired) electrons. The Labute approximate surface area is 146 Å². The molecule has 2 aromatic rings. The number of amides is 1. The van der Waals surface area contributed by atoms with E-state index in [0.717, 1.165) is 18.7 Å². The van der Waals surface area contributed by atoms with Crippen LogP contribution >= 0.6 is 11.6 Å². The van der Waals surface area contributed by atoms with Crippen molar-refractivity contribution in [3.8, 4) is 5.75 Å². The number of ether oxygens (including phenoxy) is 1. The minimum absolute atomic E-state index is 0.0793. The van der Waals surface area contributed by atoms with Gasteiger partial charge in [0, 0.05) is 43.6 Å². The number of anilines is 1. The molecule has 1 aliphatic heterocycles. The first-order valence-electron chi connectivity index (χ1n) is 7.79. The first kappa shape index (κ1) is 16.5. The summed E-state index contributed by atoms with van der Waals surface area (Å²) in [6.07, 6.45) is 3.75. The Bertz CT molecular complexity index is 703. The van der Waals surface area contributed by atoms with Crippen LogP contribution in [0.5, 0.6) is 5.75 Å². The van der Waals surface area contributed by atoms with Crippen LogP contribution in [0, 0.1) is 0 Å². The fraction of sp³-hybridized carbons (Fsp3) is 0.353. The summed E-state index contributed by atoms with van der Waals surface area (Å²) in [5.41, 5.74) is 0.816. The molecule has 0 aliphatic carbocycles. The summed E-state index contributed by atoms with van der Waals surface area (Å²) in [7, 11) is 1.59. The molecule has 24 heavy (non-hydrogen) atoms. The van der Waals surface area contributed by atoms with Gasteiger partial charge in [0.25, 0.3) is 0 Å². The Morgan fingerprint density at radius 2 is 1.92 bits per heavy atom. The van der Waals surface area contributed by atoms with E-state index in [-0.39, 0.29) is 5.91 Å². The Morgan fingerprint density at radius 3 is 2.54 bits per heavy atom. The zero-order chi connectivity index (χ0) is 16.9. The highest BCUT2D eigenvalue weighted by Crippen LogP contribution is 2.23. The average Bonchev–Trinajstić information content (AvgIpc) is 2.64. The number of hydrogen-bond acceptors (Lipinski definition) is 5. The molecule has 0 spiro atoms. The molecular formula is C17H19ClN4O2. The number of carbonyl (C=O) groups is 1. The van der Waals surface area contributed by atoms with Crippen LogP contribution in [0.15, 0.2) is 36.7 Å². The SMILES string of the molecule is COc1ccc(CC(=O)N2CCN(c3ncccn3)CC2)c(Cl)c1. The van der Waals surface area contributed by atoms with Crippen LogP contribution in [0.2, 0.25) is 5.02 Å². The number of nitrogens with zero attached hydrogens (tertiary/aromatic N) is 4. The minimum atomic E-state index is 0.0793. The summed E-state index contributed by atoms with van der Waals surface area (Å²) in [5.74, 6) is 1.48. The minimum Gasteiger partial charge on any atom is -0.497 e. The van der Waals surface area contributed by atoms with Gasteiger partial charge in [-0.3, -0.25) is 4.79 Å². The molecule has 7 heteroatoms. The van der Waals surface area contributed by atoms with Crippen LogP contribution in [0.4, 0.5) is 5.95 Å². The maximum Gasteiger partial charge on any atom is 0.227 e. The molecule has 0 N–H and O–H groups in total. The molecular weight excluding hydrogens is 328 g/mol. The smallest absolute Gasteiger partial charge is 0.227 e. The Hall–Kier alpha value is -2.34. The quantitative estimate of drug-likeness (QED) is 0.847. The number of halogens is 1. The standard InChI is InChI=1S/C17H19ClN4O2/c1-24-14-4-3-13(15(18)12-14)11-16(23)21-7-9-22(10-8-21)17-19-5-2-6-20-17/h2-6,12H,7-11H2,1H3. The van der Waals surface area contributed by atoms with Crippen LogP contribution in [0.3, 0.4) is 0 Å². The van der Waals surface area contributed by atoms with Crippen LogP contribution in [0.1, 0.15) is 5.56 Å². The monoisotopic (exact) mass is 346 g/mol. The van der Waals surface area contributed by atoms with E-state index in [1.807, 2.05) is 17.0 Å². The van der Waals surface area contributed by atoms with E-state index in [1.165, 1.54) is 0 Å². The first-order chi connectivity index (χ1) is 11.7. The predicted octanol–water partition coefficient (Wildman–Crippen LogP) is 2.03. The van der Waals surface area contributed by atoms with Gasteiger partial charge >= 0.3 is 0 Å². The number of benzene rings is 1. The molecule has 126 valence electrons. The lowest BCUT2D eigenvalue weighted by molar-refractivity contribution is -0.130. The van der Waals surface area contributed by atoms with E-state index in [0.29, 0.717) is 36.2 Å². The molecule has 3 rings (SSSR count). The molecule has 1 amide bonds. The maximum absolute atomic E-state index is 12.5. The van der Waals surface area contributed by atoms with Gasteiger partial charge in [-0.25, -0.2) is 9.97 Å². The highest BCUT2D eigenvalue weighted by Gasteiger charge is 2.23. The van der Waals surface area contributed by atoms with Gasteiger partial charge in [0.15, 0.2) is 0 Å². The Balaban J connectivity index is 1.57. The van der Waals surface area contributed by atoms with Crippen molar-refractivity contribution in [2.24, 2.45) is 0 Å². The van der Waals surface area contributed by atoms with E-state index in [2.05, 4.69) is 14.9 Å². The van der Waals surface area contributed by atoms with Gasteiger partial charge in [-0.1, -0.05) is 17.7 Å². The third-order valence-corrected chi connectivity index (χ3v) is 4.42. The summed E-state index contributed by atoms with van der Waals surface area (Å²) >= 11 is 6.22. The number of rotatable bonds is 4. The second-order valence-electron chi connectivity index (χ2n) is 5.55. The third-order valence-electron chi connectivity index (χ3n) is 4.07. The van der Waals surface area contributed by atoms with Crippen LogP contribution < -0.4 is 9.64 Å². The fourth-order valence-electron chi connectivity index (χ4n) is 2.68. The number of hydrogen-bond donors (Lipinski definition) is 0. The molecule has 0 atom stereocenters. The van der Waals surface area contributed by atoms with Gasteiger partial charge in [-0.05, 0) is 23.8 Å². The van der Waals surface area contributed by atoms with Crippen LogP contribution in [-0.2, 0) is 11.2 Å². The van der Waals surface area contributed by atoms with Crippen molar-refractivity contribution < 1.29 is 9.53 Å². The first-order valence-corrected chi connectivity index (χ1v) is 8.17. The molecule has 1 saturated heterocycles. The largest absolute Gasteiger partial charge is 0.497 e. The summed E-state index contributed by atoms with van der Waals surface area (Å²) in [5, 5.41) is 0.555. The lowest BCUT2D eigenvalue weighted by atomic mass is 10.1. The average molecular weight is 347 g/mol. The summed E-state index contributed by atoms with van der Waals surface area (Å²) in [4.78, 5) is 25.0. The van der Waals surface area contributed by atoms with Crippen LogP contribution in [0.25, 0.3) is 0 Å². The molecule has 1 aromatic heterocycles. The summed E-state index contributed by atoms with van der Waals surface area (Å²) in [6.45, 7) is 2.77. The third kappa shape index (κ3) is 3.76. The molecule has 1 aromatic carbocycles.